The number of ether oxygens (including phenoxy) is 2. The van der Waals surface area contributed by atoms with Gasteiger partial charge in [0, 0.05) is 25.0 Å². The molecule has 0 saturated heterocycles. The fourth-order valence-electron chi connectivity index (χ4n) is 2.99. The maximum absolute atomic E-state index is 10.8. The second-order valence-electron chi connectivity index (χ2n) is 5.64. The molecule has 1 aliphatic carbocycles. The SMILES string of the molecule is COCC(O)(Cc1cc(Cl)cc2c1OCC2)C1CC1. The molecule has 0 amide bonds. The van der Waals surface area contributed by atoms with E-state index in [0.717, 1.165) is 41.2 Å². The number of aliphatic hydroxyl groups is 1. The molecule has 1 fully saturated rings. The predicted octanol–water partition coefficient (Wildman–Crippen LogP) is 2.60. The lowest BCUT2D eigenvalue weighted by atomic mass is 9.89. The van der Waals surface area contributed by atoms with Crippen molar-refractivity contribution in [2.24, 2.45) is 5.92 Å². The van der Waals surface area contributed by atoms with E-state index in [1.807, 2.05) is 12.1 Å². The molecule has 0 radical (unpaired) electrons. The van der Waals surface area contributed by atoms with Crippen molar-refractivity contribution in [3.8, 4) is 5.75 Å². The van der Waals surface area contributed by atoms with E-state index in [-0.39, 0.29) is 0 Å². The van der Waals surface area contributed by atoms with E-state index in [1.165, 1.54) is 0 Å². The highest BCUT2D eigenvalue weighted by Crippen LogP contribution is 2.44. The highest BCUT2D eigenvalue weighted by molar-refractivity contribution is 6.30. The number of rotatable bonds is 5. The lowest BCUT2D eigenvalue weighted by Gasteiger charge is -2.28. The Morgan fingerprint density at radius 3 is 2.95 bits per heavy atom. The summed E-state index contributed by atoms with van der Waals surface area (Å²) in [5.74, 6) is 1.25. The lowest BCUT2D eigenvalue weighted by molar-refractivity contribution is -0.0477. The molecule has 1 aliphatic heterocycles. The van der Waals surface area contributed by atoms with Gasteiger partial charge in [0.25, 0.3) is 0 Å². The molecular weight excluding hydrogens is 264 g/mol. The van der Waals surface area contributed by atoms with Crippen molar-refractivity contribution in [1.29, 1.82) is 0 Å². The Balaban J connectivity index is 1.90. The first-order valence-electron chi connectivity index (χ1n) is 6.78. The van der Waals surface area contributed by atoms with Crippen LogP contribution in [0.5, 0.6) is 5.75 Å². The van der Waals surface area contributed by atoms with Gasteiger partial charge in [-0.1, -0.05) is 11.6 Å². The van der Waals surface area contributed by atoms with E-state index in [9.17, 15) is 5.11 Å². The quantitative estimate of drug-likeness (QED) is 0.902. The standard InChI is InChI=1S/C15H19ClO3/c1-18-9-15(17,12-2-3-12)8-11-7-13(16)6-10-4-5-19-14(10)11/h6-7,12,17H,2-5,8-9H2,1H3. The second kappa shape index (κ2) is 4.97. The zero-order valence-corrected chi connectivity index (χ0v) is 11.9. The number of halogens is 1. The van der Waals surface area contributed by atoms with Crippen molar-refractivity contribution in [2.75, 3.05) is 20.3 Å². The molecule has 0 aromatic heterocycles. The van der Waals surface area contributed by atoms with Crippen LogP contribution in [-0.2, 0) is 17.6 Å². The molecule has 1 heterocycles. The Kier molecular flexibility index (Phi) is 3.46. The van der Waals surface area contributed by atoms with Crippen LogP contribution in [0.1, 0.15) is 24.0 Å². The third-order valence-electron chi connectivity index (χ3n) is 4.05. The third kappa shape index (κ3) is 2.60. The smallest absolute Gasteiger partial charge is 0.126 e. The summed E-state index contributed by atoms with van der Waals surface area (Å²) >= 11 is 6.16. The van der Waals surface area contributed by atoms with E-state index in [0.29, 0.717) is 25.6 Å². The van der Waals surface area contributed by atoms with E-state index >= 15 is 0 Å². The Labute approximate surface area is 118 Å². The summed E-state index contributed by atoms with van der Waals surface area (Å²) in [6.07, 6.45) is 3.59. The predicted molar refractivity (Wildman–Crippen MR) is 73.9 cm³/mol. The Bertz CT molecular complexity index is 485. The average Bonchev–Trinajstić information content (AvgIpc) is 3.10. The van der Waals surface area contributed by atoms with Crippen molar-refractivity contribution >= 4 is 11.6 Å². The van der Waals surface area contributed by atoms with Gasteiger partial charge in [0.1, 0.15) is 5.75 Å². The molecular formula is C15H19ClO3. The molecule has 3 nitrogen and oxygen atoms in total. The molecule has 0 spiro atoms. The van der Waals surface area contributed by atoms with Crippen LogP contribution >= 0.6 is 11.6 Å². The van der Waals surface area contributed by atoms with Gasteiger partial charge in [-0.2, -0.15) is 0 Å². The van der Waals surface area contributed by atoms with Gasteiger partial charge in [0.2, 0.25) is 0 Å². The summed E-state index contributed by atoms with van der Waals surface area (Å²) in [6.45, 7) is 1.06. The van der Waals surface area contributed by atoms with Gasteiger partial charge in [-0.3, -0.25) is 0 Å². The Morgan fingerprint density at radius 2 is 2.26 bits per heavy atom. The van der Waals surface area contributed by atoms with E-state index in [1.54, 1.807) is 7.11 Å². The number of hydrogen-bond donors (Lipinski definition) is 1. The first kappa shape index (κ1) is 13.2. The largest absolute Gasteiger partial charge is 0.493 e. The second-order valence-corrected chi connectivity index (χ2v) is 6.08. The maximum atomic E-state index is 10.8. The van der Waals surface area contributed by atoms with E-state index in [4.69, 9.17) is 21.1 Å². The molecule has 19 heavy (non-hydrogen) atoms. The molecule has 1 unspecified atom stereocenters. The monoisotopic (exact) mass is 282 g/mol. The van der Waals surface area contributed by atoms with Crippen molar-refractivity contribution in [3.05, 3.63) is 28.3 Å². The van der Waals surface area contributed by atoms with Gasteiger partial charge >= 0.3 is 0 Å². The van der Waals surface area contributed by atoms with Crippen LogP contribution in [0.15, 0.2) is 12.1 Å². The van der Waals surface area contributed by atoms with Gasteiger partial charge < -0.3 is 14.6 Å². The van der Waals surface area contributed by atoms with Crippen LogP contribution in [0.2, 0.25) is 5.02 Å². The number of benzene rings is 1. The van der Waals surface area contributed by atoms with Crippen LogP contribution in [0.25, 0.3) is 0 Å². The Morgan fingerprint density at radius 1 is 1.47 bits per heavy atom. The fourth-order valence-corrected chi connectivity index (χ4v) is 3.25. The number of methoxy groups -OCH3 is 1. The summed E-state index contributed by atoms with van der Waals surface area (Å²) in [4.78, 5) is 0. The molecule has 104 valence electrons. The first-order chi connectivity index (χ1) is 9.12. The van der Waals surface area contributed by atoms with Gasteiger partial charge in [-0.05, 0) is 42.0 Å². The molecule has 1 aromatic carbocycles. The minimum Gasteiger partial charge on any atom is -0.493 e. The topological polar surface area (TPSA) is 38.7 Å². The zero-order chi connectivity index (χ0) is 13.5. The summed E-state index contributed by atoms with van der Waals surface area (Å²) < 4.78 is 10.9. The first-order valence-corrected chi connectivity index (χ1v) is 7.15. The molecule has 4 heteroatoms. The van der Waals surface area contributed by atoms with Crippen LogP contribution in [0.4, 0.5) is 0 Å². The summed E-state index contributed by atoms with van der Waals surface area (Å²) in [6, 6.07) is 3.87. The molecule has 1 N–H and O–H groups in total. The van der Waals surface area contributed by atoms with E-state index in [2.05, 4.69) is 0 Å². The van der Waals surface area contributed by atoms with Gasteiger partial charge in [0.05, 0.1) is 18.8 Å². The molecule has 1 saturated carbocycles. The van der Waals surface area contributed by atoms with Gasteiger partial charge in [-0.15, -0.1) is 0 Å². The minimum absolute atomic E-state index is 0.337. The van der Waals surface area contributed by atoms with Gasteiger partial charge in [0.15, 0.2) is 0 Å². The summed E-state index contributed by atoms with van der Waals surface area (Å²) in [7, 11) is 1.63. The third-order valence-corrected chi connectivity index (χ3v) is 4.27. The highest BCUT2D eigenvalue weighted by Gasteiger charge is 2.44. The van der Waals surface area contributed by atoms with Crippen LogP contribution in [0, 0.1) is 5.92 Å². The van der Waals surface area contributed by atoms with E-state index < -0.39 is 5.60 Å². The van der Waals surface area contributed by atoms with Crippen molar-refractivity contribution in [3.63, 3.8) is 0 Å². The lowest BCUT2D eigenvalue weighted by Crippen LogP contribution is -2.39. The van der Waals surface area contributed by atoms with Crippen LogP contribution < -0.4 is 4.74 Å². The van der Waals surface area contributed by atoms with Gasteiger partial charge in [-0.25, -0.2) is 0 Å². The summed E-state index contributed by atoms with van der Waals surface area (Å²) in [5, 5.41) is 11.5. The van der Waals surface area contributed by atoms with Crippen molar-refractivity contribution < 1.29 is 14.6 Å². The molecule has 1 aromatic rings. The number of hydrogen-bond acceptors (Lipinski definition) is 3. The molecule has 2 aliphatic rings. The molecule has 0 bridgehead atoms. The highest BCUT2D eigenvalue weighted by atomic mass is 35.5. The maximum Gasteiger partial charge on any atom is 0.126 e. The van der Waals surface area contributed by atoms with Crippen LogP contribution in [0.3, 0.4) is 0 Å². The number of fused-ring (bicyclic) bond motifs is 1. The molecule has 1 atom stereocenters. The Hall–Kier alpha value is -0.770. The van der Waals surface area contributed by atoms with Crippen molar-refractivity contribution in [1.82, 2.24) is 0 Å². The average molecular weight is 283 g/mol. The summed E-state index contributed by atoms with van der Waals surface area (Å²) in [5.41, 5.74) is 1.36. The van der Waals surface area contributed by atoms with Crippen LogP contribution in [-0.4, -0.2) is 31.0 Å². The zero-order valence-electron chi connectivity index (χ0n) is 11.1. The fraction of sp³-hybridized carbons (Fsp3) is 0.600. The minimum atomic E-state index is -0.793. The normalized spacial score (nSPS) is 20.8. The molecule has 3 rings (SSSR count). The van der Waals surface area contributed by atoms with Crippen molar-refractivity contribution in [2.45, 2.75) is 31.3 Å².